The second kappa shape index (κ2) is 10.6. The molecule has 0 radical (unpaired) electrons. The Morgan fingerprint density at radius 3 is 2.48 bits per heavy atom. The Morgan fingerprint density at radius 2 is 1.89 bits per heavy atom. The van der Waals surface area contributed by atoms with Crippen LogP contribution < -0.4 is 10.6 Å². The number of rotatable bonds is 7. The quantitative estimate of drug-likeness (QED) is 0.564. The first kappa shape index (κ1) is 21.6. The maximum absolute atomic E-state index is 13.2. The fourth-order valence-corrected chi connectivity index (χ4v) is 3.62. The minimum Gasteiger partial charge on any atom is -0.356 e. The molecule has 1 unspecified atom stereocenters. The molecule has 2 N–H and O–H groups in total. The topological polar surface area (TPSA) is 42.9 Å². The third-order valence-corrected chi connectivity index (χ3v) is 5.47. The fraction of sp³-hybridized carbons (Fsp3) is 0.667. The SMILES string of the molecule is CN=C(NCCc1ccc(F)cc1C)NCC(C(C)C)N1CCN(C)CC1. The van der Waals surface area contributed by atoms with Crippen LogP contribution in [0.15, 0.2) is 23.2 Å². The Morgan fingerprint density at radius 1 is 1.19 bits per heavy atom. The first-order valence-electron chi connectivity index (χ1n) is 10.0. The van der Waals surface area contributed by atoms with Crippen LogP contribution in [0.3, 0.4) is 0 Å². The number of nitrogens with one attached hydrogen (secondary N) is 2. The normalized spacial score (nSPS) is 18.0. The highest BCUT2D eigenvalue weighted by Crippen LogP contribution is 2.13. The molecule has 27 heavy (non-hydrogen) atoms. The molecule has 2 rings (SSSR count). The second-order valence-electron chi connectivity index (χ2n) is 7.85. The molecule has 0 bridgehead atoms. The van der Waals surface area contributed by atoms with Gasteiger partial charge in [-0.05, 0) is 49.6 Å². The molecule has 0 aliphatic carbocycles. The van der Waals surface area contributed by atoms with Crippen molar-refractivity contribution in [3.63, 3.8) is 0 Å². The van der Waals surface area contributed by atoms with Gasteiger partial charge < -0.3 is 15.5 Å². The van der Waals surface area contributed by atoms with Gasteiger partial charge in [-0.2, -0.15) is 0 Å². The lowest BCUT2D eigenvalue weighted by atomic mass is 10.0. The molecule has 6 heteroatoms. The number of benzene rings is 1. The van der Waals surface area contributed by atoms with Crippen molar-refractivity contribution in [1.29, 1.82) is 0 Å². The van der Waals surface area contributed by atoms with Crippen molar-refractivity contribution < 1.29 is 4.39 Å². The lowest BCUT2D eigenvalue weighted by Gasteiger charge is -2.40. The molecule has 1 aromatic carbocycles. The van der Waals surface area contributed by atoms with E-state index in [2.05, 4.69) is 46.3 Å². The molecule has 5 nitrogen and oxygen atoms in total. The minimum atomic E-state index is -0.176. The van der Waals surface area contributed by atoms with E-state index in [0.717, 1.165) is 62.8 Å². The van der Waals surface area contributed by atoms with Gasteiger partial charge in [-0.1, -0.05) is 19.9 Å². The van der Waals surface area contributed by atoms with Crippen molar-refractivity contribution in [1.82, 2.24) is 20.4 Å². The number of guanidine groups is 1. The summed E-state index contributed by atoms with van der Waals surface area (Å²) in [4.78, 5) is 9.33. The zero-order valence-electron chi connectivity index (χ0n) is 17.6. The predicted octanol–water partition coefficient (Wildman–Crippen LogP) is 2.11. The molecule has 1 fully saturated rings. The third-order valence-electron chi connectivity index (χ3n) is 5.47. The average Bonchev–Trinajstić information content (AvgIpc) is 2.63. The maximum Gasteiger partial charge on any atom is 0.191 e. The van der Waals surface area contributed by atoms with Gasteiger partial charge in [-0.25, -0.2) is 4.39 Å². The van der Waals surface area contributed by atoms with E-state index in [-0.39, 0.29) is 5.82 Å². The van der Waals surface area contributed by atoms with Crippen molar-refractivity contribution in [2.45, 2.75) is 33.2 Å². The van der Waals surface area contributed by atoms with Gasteiger partial charge in [-0.3, -0.25) is 9.89 Å². The van der Waals surface area contributed by atoms with Gasteiger partial charge in [-0.15, -0.1) is 0 Å². The van der Waals surface area contributed by atoms with Crippen molar-refractivity contribution in [2.75, 3.05) is 53.4 Å². The lowest BCUT2D eigenvalue weighted by molar-refractivity contribution is 0.0900. The van der Waals surface area contributed by atoms with E-state index in [9.17, 15) is 4.39 Å². The highest BCUT2D eigenvalue weighted by atomic mass is 19.1. The summed E-state index contributed by atoms with van der Waals surface area (Å²) in [5, 5.41) is 6.88. The Bertz CT molecular complexity index is 609. The van der Waals surface area contributed by atoms with E-state index in [4.69, 9.17) is 0 Å². The van der Waals surface area contributed by atoms with Crippen LogP contribution in [0.2, 0.25) is 0 Å². The summed E-state index contributed by atoms with van der Waals surface area (Å²) in [6.07, 6.45) is 0.846. The van der Waals surface area contributed by atoms with E-state index in [1.165, 1.54) is 6.07 Å². The summed E-state index contributed by atoms with van der Waals surface area (Å²) < 4.78 is 13.2. The van der Waals surface area contributed by atoms with Gasteiger partial charge in [0.05, 0.1) is 0 Å². The summed E-state index contributed by atoms with van der Waals surface area (Å²) in [6, 6.07) is 5.48. The number of halogens is 1. The highest BCUT2D eigenvalue weighted by Gasteiger charge is 2.24. The number of nitrogens with zero attached hydrogens (tertiary/aromatic N) is 3. The highest BCUT2D eigenvalue weighted by molar-refractivity contribution is 5.79. The van der Waals surface area contributed by atoms with Crippen LogP contribution in [0.1, 0.15) is 25.0 Å². The van der Waals surface area contributed by atoms with E-state index in [1.54, 1.807) is 13.1 Å². The van der Waals surface area contributed by atoms with Crippen molar-refractivity contribution in [3.05, 3.63) is 35.1 Å². The predicted molar refractivity (Wildman–Crippen MR) is 112 cm³/mol. The Hall–Kier alpha value is -1.66. The number of aliphatic imine (C=N–C) groups is 1. The van der Waals surface area contributed by atoms with Crippen LogP contribution in [0.4, 0.5) is 4.39 Å². The number of hydrogen-bond donors (Lipinski definition) is 2. The molecule has 1 saturated heterocycles. The van der Waals surface area contributed by atoms with Crippen LogP contribution in [-0.4, -0.2) is 75.2 Å². The Kier molecular flexibility index (Phi) is 8.51. The largest absolute Gasteiger partial charge is 0.356 e. The first-order valence-corrected chi connectivity index (χ1v) is 10.0. The third kappa shape index (κ3) is 6.78. The molecule has 152 valence electrons. The molecule has 1 aliphatic rings. The van der Waals surface area contributed by atoms with Gasteiger partial charge in [0.1, 0.15) is 5.82 Å². The summed E-state index contributed by atoms with van der Waals surface area (Å²) >= 11 is 0. The van der Waals surface area contributed by atoms with E-state index in [1.807, 2.05) is 13.0 Å². The minimum absolute atomic E-state index is 0.176. The molecule has 1 aliphatic heterocycles. The maximum atomic E-state index is 13.2. The Labute approximate surface area is 164 Å². The first-order chi connectivity index (χ1) is 12.9. The lowest BCUT2D eigenvalue weighted by Crippen LogP contribution is -2.55. The summed E-state index contributed by atoms with van der Waals surface area (Å²) in [7, 11) is 3.99. The standard InChI is InChI=1S/C21H36FN5/c1-16(2)20(27-12-10-26(5)11-13-27)15-25-21(23-4)24-9-8-18-6-7-19(22)14-17(18)3/h6-7,14,16,20H,8-13,15H2,1-5H3,(H2,23,24,25). The number of aryl methyl sites for hydroxylation is 1. The van der Waals surface area contributed by atoms with Crippen molar-refractivity contribution in [2.24, 2.45) is 10.9 Å². The van der Waals surface area contributed by atoms with Gasteiger partial charge in [0.2, 0.25) is 0 Å². The molecule has 0 aromatic heterocycles. The van der Waals surface area contributed by atoms with Gasteiger partial charge in [0.15, 0.2) is 5.96 Å². The van der Waals surface area contributed by atoms with Gasteiger partial charge in [0, 0.05) is 52.4 Å². The molecular weight excluding hydrogens is 341 g/mol. The molecule has 1 heterocycles. The second-order valence-corrected chi connectivity index (χ2v) is 7.85. The Balaban J connectivity index is 1.81. The van der Waals surface area contributed by atoms with E-state index >= 15 is 0 Å². The number of piperazine rings is 1. The summed E-state index contributed by atoms with van der Waals surface area (Å²) in [5.74, 6) is 1.24. The number of likely N-dealkylation sites (N-methyl/N-ethyl adjacent to an activating group) is 1. The van der Waals surface area contributed by atoms with Crippen molar-refractivity contribution >= 4 is 5.96 Å². The zero-order valence-corrected chi connectivity index (χ0v) is 17.6. The van der Waals surface area contributed by atoms with Crippen LogP contribution in [0, 0.1) is 18.7 Å². The molecular formula is C21H36FN5. The smallest absolute Gasteiger partial charge is 0.191 e. The molecule has 1 atom stereocenters. The molecule has 0 saturated carbocycles. The van der Waals surface area contributed by atoms with Gasteiger partial charge in [0.25, 0.3) is 0 Å². The fourth-order valence-electron chi connectivity index (χ4n) is 3.62. The molecule has 0 amide bonds. The molecule has 0 spiro atoms. The van der Waals surface area contributed by atoms with Crippen LogP contribution in [-0.2, 0) is 6.42 Å². The van der Waals surface area contributed by atoms with Crippen LogP contribution in [0.25, 0.3) is 0 Å². The average molecular weight is 378 g/mol. The summed E-state index contributed by atoms with van der Waals surface area (Å²) in [5.41, 5.74) is 2.16. The number of hydrogen-bond acceptors (Lipinski definition) is 3. The van der Waals surface area contributed by atoms with Gasteiger partial charge >= 0.3 is 0 Å². The zero-order chi connectivity index (χ0) is 19.8. The monoisotopic (exact) mass is 377 g/mol. The van der Waals surface area contributed by atoms with Crippen molar-refractivity contribution in [3.8, 4) is 0 Å². The molecule has 1 aromatic rings. The van der Waals surface area contributed by atoms with E-state index in [0.29, 0.717) is 12.0 Å². The van der Waals surface area contributed by atoms with Crippen LogP contribution >= 0.6 is 0 Å². The van der Waals surface area contributed by atoms with Crippen LogP contribution in [0.5, 0.6) is 0 Å². The summed E-state index contributed by atoms with van der Waals surface area (Å²) in [6.45, 7) is 12.7. The van der Waals surface area contributed by atoms with E-state index < -0.39 is 0 Å².